The first-order chi connectivity index (χ1) is 8.33. The van der Waals surface area contributed by atoms with Gasteiger partial charge in [0.15, 0.2) is 0 Å². The predicted molar refractivity (Wildman–Crippen MR) is 76.4 cm³/mol. The van der Waals surface area contributed by atoms with E-state index in [2.05, 4.69) is 43.4 Å². The summed E-state index contributed by atoms with van der Waals surface area (Å²) in [5.74, 6) is 0. The second-order valence-electron chi connectivity index (χ2n) is 3.41. The van der Waals surface area contributed by atoms with Gasteiger partial charge in [-0.15, -0.1) is 22.7 Å². The van der Waals surface area contributed by atoms with Crippen LogP contribution in [0.1, 0.15) is 0 Å². The van der Waals surface area contributed by atoms with Gasteiger partial charge in [-0.3, -0.25) is 4.98 Å². The highest BCUT2D eigenvalue weighted by molar-refractivity contribution is 9.10. The molecule has 17 heavy (non-hydrogen) atoms. The summed E-state index contributed by atoms with van der Waals surface area (Å²) in [5, 5.41) is 3.11. The van der Waals surface area contributed by atoms with Crippen LogP contribution in [0.2, 0.25) is 0 Å². The van der Waals surface area contributed by atoms with Crippen LogP contribution < -0.4 is 0 Å². The second kappa shape index (κ2) is 4.68. The molecule has 2 heterocycles. The Kier molecular flexibility index (Phi) is 3.05. The lowest BCUT2D eigenvalue weighted by atomic mass is 10.2. The first-order valence-corrected chi connectivity index (χ1v) is 7.48. The van der Waals surface area contributed by atoms with Crippen LogP contribution in [-0.4, -0.2) is 9.97 Å². The van der Waals surface area contributed by atoms with Crippen molar-refractivity contribution in [2.24, 2.45) is 0 Å². The van der Waals surface area contributed by atoms with Crippen molar-refractivity contribution in [3.63, 3.8) is 0 Å². The molecule has 0 saturated carbocycles. The van der Waals surface area contributed by atoms with Gasteiger partial charge in [0.2, 0.25) is 0 Å². The number of rotatable bonds is 2. The third kappa shape index (κ3) is 2.31. The summed E-state index contributed by atoms with van der Waals surface area (Å²) in [7, 11) is 0. The molecule has 0 atom stereocenters. The minimum atomic E-state index is 1.01. The molecule has 0 spiro atoms. The van der Waals surface area contributed by atoms with E-state index in [1.165, 1.54) is 0 Å². The molecule has 0 unspecified atom stereocenters. The fourth-order valence-corrected chi connectivity index (χ4v) is 3.36. The lowest BCUT2D eigenvalue weighted by Crippen LogP contribution is -1.77. The molecular formula is C12H7BrN2S2. The minimum absolute atomic E-state index is 1.01. The Morgan fingerprint density at radius 2 is 2.12 bits per heavy atom. The second-order valence-corrected chi connectivity index (χ2v) is 6.07. The summed E-state index contributed by atoms with van der Waals surface area (Å²) in [4.78, 5) is 9.82. The van der Waals surface area contributed by atoms with Crippen molar-refractivity contribution >= 4 is 38.6 Å². The van der Waals surface area contributed by atoms with Gasteiger partial charge in [-0.05, 0) is 12.1 Å². The van der Waals surface area contributed by atoms with E-state index in [1.54, 1.807) is 22.7 Å². The Morgan fingerprint density at radius 1 is 1.18 bits per heavy atom. The molecule has 0 aliphatic carbocycles. The molecule has 3 aromatic rings. The Morgan fingerprint density at radius 3 is 2.88 bits per heavy atom. The molecule has 3 rings (SSSR count). The largest absolute Gasteiger partial charge is 0.252 e. The van der Waals surface area contributed by atoms with Crippen molar-refractivity contribution < 1.29 is 0 Å². The van der Waals surface area contributed by atoms with Gasteiger partial charge in [0.1, 0.15) is 5.01 Å². The smallest absolute Gasteiger partial charge is 0.124 e. The zero-order valence-corrected chi connectivity index (χ0v) is 11.8. The van der Waals surface area contributed by atoms with Crippen molar-refractivity contribution in [1.82, 2.24) is 9.97 Å². The van der Waals surface area contributed by atoms with E-state index in [-0.39, 0.29) is 0 Å². The van der Waals surface area contributed by atoms with Crippen LogP contribution >= 0.6 is 38.6 Å². The summed E-state index contributed by atoms with van der Waals surface area (Å²) in [6, 6.07) is 8.18. The van der Waals surface area contributed by atoms with Crippen LogP contribution in [0.4, 0.5) is 0 Å². The topological polar surface area (TPSA) is 25.8 Å². The van der Waals surface area contributed by atoms with Crippen molar-refractivity contribution in [1.29, 1.82) is 0 Å². The molecule has 0 saturated heterocycles. The van der Waals surface area contributed by atoms with E-state index < -0.39 is 0 Å². The molecule has 0 bridgehead atoms. The first kappa shape index (κ1) is 11.1. The number of hydrogen-bond acceptors (Lipinski definition) is 4. The minimum Gasteiger partial charge on any atom is -0.252 e. The monoisotopic (exact) mass is 322 g/mol. The average Bonchev–Trinajstić information content (AvgIpc) is 3.00. The number of thiazole rings is 2. The van der Waals surface area contributed by atoms with Crippen molar-refractivity contribution in [2.75, 3.05) is 0 Å². The maximum absolute atomic E-state index is 4.63. The summed E-state index contributed by atoms with van der Waals surface area (Å²) in [6.07, 6.45) is 1.85. The van der Waals surface area contributed by atoms with Gasteiger partial charge in [0, 0.05) is 21.6 Å². The third-order valence-electron chi connectivity index (χ3n) is 2.26. The molecule has 0 fully saturated rings. The number of benzene rings is 1. The molecule has 0 aliphatic rings. The quantitative estimate of drug-likeness (QED) is 0.683. The van der Waals surface area contributed by atoms with E-state index >= 15 is 0 Å². The standard InChI is InChI=1S/C12H7BrN2S2/c13-9-3-1-2-8(4-9)12-15-10(6-16-12)11-5-14-7-17-11/h1-7H. The van der Waals surface area contributed by atoms with Gasteiger partial charge >= 0.3 is 0 Å². The van der Waals surface area contributed by atoms with E-state index in [9.17, 15) is 0 Å². The molecule has 0 N–H and O–H groups in total. The van der Waals surface area contributed by atoms with Crippen LogP contribution in [0.3, 0.4) is 0 Å². The van der Waals surface area contributed by atoms with Gasteiger partial charge < -0.3 is 0 Å². The van der Waals surface area contributed by atoms with Crippen molar-refractivity contribution in [3.8, 4) is 21.1 Å². The van der Waals surface area contributed by atoms with Gasteiger partial charge in [0.05, 0.1) is 16.1 Å². The number of hydrogen-bond donors (Lipinski definition) is 0. The van der Waals surface area contributed by atoms with Crippen molar-refractivity contribution in [2.45, 2.75) is 0 Å². The highest BCUT2D eigenvalue weighted by Crippen LogP contribution is 2.31. The van der Waals surface area contributed by atoms with Crippen LogP contribution in [-0.2, 0) is 0 Å². The molecule has 0 amide bonds. The first-order valence-electron chi connectivity index (χ1n) is 4.93. The summed E-state index contributed by atoms with van der Waals surface area (Å²) in [6.45, 7) is 0. The molecule has 1 aromatic carbocycles. The van der Waals surface area contributed by atoms with Crippen LogP contribution in [0.15, 0.2) is 45.8 Å². The van der Waals surface area contributed by atoms with Gasteiger partial charge in [-0.1, -0.05) is 28.1 Å². The lowest BCUT2D eigenvalue weighted by Gasteiger charge is -1.96. The molecule has 2 nitrogen and oxygen atoms in total. The number of aromatic nitrogens is 2. The van der Waals surface area contributed by atoms with E-state index in [1.807, 2.05) is 23.8 Å². The maximum atomic E-state index is 4.63. The fourth-order valence-electron chi connectivity index (χ4n) is 1.48. The summed E-state index contributed by atoms with van der Waals surface area (Å²) in [5.41, 5.74) is 3.97. The van der Waals surface area contributed by atoms with Crippen LogP contribution in [0.25, 0.3) is 21.1 Å². The summed E-state index contributed by atoms with van der Waals surface area (Å²) >= 11 is 6.74. The van der Waals surface area contributed by atoms with E-state index in [0.29, 0.717) is 0 Å². The Balaban J connectivity index is 2.01. The van der Waals surface area contributed by atoms with Crippen molar-refractivity contribution in [3.05, 3.63) is 45.8 Å². The van der Waals surface area contributed by atoms with Crippen LogP contribution in [0, 0.1) is 0 Å². The molecule has 84 valence electrons. The van der Waals surface area contributed by atoms with Gasteiger partial charge in [0.25, 0.3) is 0 Å². The normalized spacial score (nSPS) is 10.6. The highest BCUT2D eigenvalue weighted by atomic mass is 79.9. The molecule has 5 heteroatoms. The molecule has 0 aliphatic heterocycles. The zero-order valence-electron chi connectivity index (χ0n) is 8.63. The number of halogens is 1. The molecule has 2 aromatic heterocycles. The Hall–Kier alpha value is -1.04. The molecular weight excluding hydrogens is 316 g/mol. The SMILES string of the molecule is Brc1cccc(-c2nc(-c3cncs3)cs2)c1. The van der Waals surface area contributed by atoms with Gasteiger partial charge in [-0.2, -0.15) is 0 Å². The Labute approximate surface area is 115 Å². The maximum Gasteiger partial charge on any atom is 0.124 e. The average molecular weight is 323 g/mol. The molecule has 0 radical (unpaired) electrons. The number of nitrogens with zero attached hydrogens (tertiary/aromatic N) is 2. The fraction of sp³-hybridized carbons (Fsp3) is 0. The zero-order chi connectivity index (χ0) is 11.7. The van der Waals surface area contributed by atoms with E-state index in [4.69, 9.17) is 0 Å². The summed E-state index contributed by atoms with van der Waals surface area (Å²) < 4.78 is 1.07. The Bertz CT molecular complexity index is 632. The van der Waals surface area contributed by atoms with E-state index in [0.717, 1.165) is 25.6 Å². The predicted octanol–water partition coefficient (Wildman–Crippen LogP) is 4.70. The third-order valence-corrected chi connectivity index (χ3v) is 4.44. The highest BCUT2D eigenvalue weighted by Gasteiger charge is 2.07. The lowest BCUT2D eigenvalue weighted by molar-refractivity contribution is 1.38. The van der Waals surface area contributed by atoms with Crippen LogP contribution in [0.5, 0.6) is 0 Å². The van der Waals surface area contributed by atoms with Gasteiger partial charge in [-0.25, -0.2) is 4.98 Å².